The molecule has 0 saturated carbocycles. The molecule has 7 heteroatoms. The fraction of sp³-hybridized carbons (Fsp3) is 0.500. The molecule has 0 aliphatic heterocycles. The lowest BCUT2D eigenvalue weighted by Gasteiger charge is -2.13. The van der Waals surface area contributed by atoms with E-state index in [9.17, 15) is 4.79 Å². The van der Waals surface area contributed by atoms with Crippen molar-refractivity contribution in [2.45, 2.75) is 6.92 Å². The molecule has 0 radical (unpaired) electrons. The number of amides is 2. The smallest absolute Gasteiger partial charge is 0.338 e. The number of rotatable bonds is 1. The highest BCUT2D eigenvalue weighted by Crippen LogP contribution is 1.76. The van der Waals surface area contributed by atoms with Crippen LogP contribution in [0.2, 0.25) is 0 Å². The Balaban J connectivity index is 3.87. The molecule has 0 fully saturated rings. The monoisotopic (exact) mass is 160 g/mol. The van der Waals surface area contributed by atoms with Crippen LogP contribution in [0.4, 0.5) is 4.79 Å². The highest BCUT2D eigenvalue weighted by atomic mass is 16.2. The van der Waals surface area contributed by atoms with Gasteiger partial charge in [0.1, 0.15) is 0 Å². The fourth-order valence-corrected chi connectivity index (χ4v) is 0.357. The van der Waals surface area contributed by atoms with Gasteiger partial charge in [0.25, 0.3) is 0 Å². The van der Waals surface area contributed by atoms with Crippen LogP contribution >= 0.6 is 0 Å². The van der Waals surface area contributed by atoms with Crippen molar-refractivity contribution >= 4 is 12.0 Å². The average molecular weight is 160 g/mol. The standard InChI is InChI=1S/C4H12N6O/c1-2-10(7)4(11)8-3(5)9-6/h2,6-7H2,1H3,(H3,5,8,9,11). The molecule has 2 amide bonds. The first-order chi connectivity index (χ1) is 5.11. The summed E-state index contributed by atoms with van der Waals surface area (Å²) in [6.07, 6.45) is 0. The van der Waals surface area contributed by atoms with Gasteiger partial charge in [-0.15, -0.1) is 5.10 Å². The van der Waals surface area contributed by atoms with Crippen molar-refractivity contribution in [1.82, 2.24) is 10.3 Å². The van der Waals surface area contributed by atoms with Crippen LogP contribution in [0.1, 0.15) is 6.92 Å². The Labute approximate surface area is 64.2 Å². The van der Waals surface area contributed by atoms with Crippen LogP contribution in [0, 0.1) is 0 Å². The SMILES string of the molecule is CCN(N)C(=O)N/C(N)=N/N. The fourth-order valence-electron chi connectivity index (χ4n) is 0.357. The van der Waals surface area contributed by atoms with E-state index in [1.54, 1.807) is 6.92 Å². The summed E-state index contributed by atoms with van der Waals surface area (Å²) in [7, 11) is 0. The van der Waals surface area contributed by atoms with Gasteiger partial charge in [0, 0.05) is 6.54 Å². The van der Waals surface area contributed by atoms with E-state index in [0.29, 0.717) is 6.54 Å². The van der Waals surface area contributed by atoms with Gasteiger partial charge in [-0.1, -0.05) is 0 Å². The number of hydrogen-bond acceptors (Lipinski definition) is 4. The molecular weight excluding hydrogens is 148 g/mol. The molecular formula is C4H12N6O. The number of guanidine groups is 1. The van der Waals surface area contributed by atoms with Crippen LogP contribution in [-0.2, 0) is 0 Å². The molecule has 0 saturated heterocycles. The summed E-state index contributed by atoms with van der Waals surface area (Å²) < 4.78 is 0. The normalized spacial score (nSPS) is 10.9. The Morgan fingerprint density at radius 1 is 1.73 bits per heavy atom. The first-order valence-electron chi connectivity index (χ1n) is 2.98. The number of nitrogens with two attached hydrogens (primary N) is 3. The van der Waals surface area contributed by atoms with Crippen molar-refractivity contribution in [3.63, 3.8) is 0 Å². The number of carbonyl (C=O) groups excluding carboxylic acids is 1. The second-order valence-corrected chi connectivity index (χ2v) is 1.73. The Morgan fingerprint density at radius 2 is 2.27 bits per heavy atom. The third-order valence-corrected chi connectivity index (χ3v) is 0.976. The lowest BCUT2D eigenvalue weighted by atomic mass is 10.7. The molecule has 0 atom stereocenters. The number of hydrazone groups is 1. The van der Waals surface area contributed by atoms with E-state index >= 15 is 0 Å². The number of urea groups is 1. The maximum Gasteiger partial charge on any atom is 0.338 e. The highest BCUT2D eigenvalue weighted by Gasteiger charge is 2.06. The molecule has 0 heterocycles. The van der Waals surface area contributed by atoms with Crippen LogP contribution in [0.3, 0.4) is 0 Å². The summed E-state index contributed by atoms with van der Waals surface area (Å²) >= 11 is 0. The van der Waals surface area contributed by atoms with Gasteiger partial charge >= 0.3 is 6.03 Å². The van der Waals surface area contributed by atoms with E-state index in [0.717, 1.165) is 5.01 Å². The van der Waals surface area contributed by atoms with E-state index in [2.05, 4.69) is 10.4 Å². The molecule has 0 rings (SSSR count). The van der Waals surface area contributed by atoms with Gasteiger partial charge in [0.2, 0.25) is 5.96 Å². The van der Waals surface area contributed by atoms with Gasteiger partial charge in [0.15, 0.2) is 0 Å². The van der Waals surface area contributed by atoms with Crippen molar-refractivity contribution in [2.75, 3.05) is 6.54 Å². The lowest BCUT2D eigenvalue weighted by Crippen LogP contribution is -2.49. The Bertz CT molecular complexity index is 166. The van der Waals surface area contributed by atoms with Gasteiger partial charge in [-0.25, -0.2) is 10.6 Å². The van der Waals surface area contributed by atoms with Crippen LogP contribution in [0.25, 0.3) is 0 Å². The van der Waals surface area contributed by atoms with E-state index in [1.807, 2.05) is 0 Å². The van der Waals surface area contributed by atoms with Crippen molar-refractivity contribution < 1.29 is 4.79 Å². The zero-order valence-corrected chi connectivity index (χ0v) is 6.24. The first kappa shape index (κ1) is 9.50. The summed E-state index contributed by atoms with van der Waals surface area (Å²) in [6, 6.07) is -0.542. The Morgan fingerprint density at radius 3 is 2.64 bits per heavy atom. The van der Waals surface area contributed by atoms with Gasteiger partial charge in [0.05, 0.1) is 0 Å². The Kier molecular flexibility index (Phi) is 3.75. The van der Waals surface area contributed by atoms with Crippen LogP contribution in [0.5, 0.6) is 0 Å². The number of hydrazine groups is 1. The molecule has 7 N–H and O–H groups in total. The van der Waals surface area contributed by atoms with Crippen LogP contribution in [-0.4, -0.2) is 23.5 Å². The first-order valence-corrected chi connectivity index (χ1v) is 2.98. The predicted octanol–water partition coefficient (Wildman–Crippen LogP) is -1.92. The molecule has 64 valence electrons. The second kappa shape index (κ2) is 4.34. The van der Waals surface area contributed by atoms with Crippen molar-refractivity contribution in [3.05, 3.63) is 0 Å². The highest BCUT2D eigenvalue weighted by molar-refractivity contribution is 5.94. The van der Waals surface area contributed by atoms with Gasteiger partial charge < -0.3 is 11.6 Å². The molecule has 0 aromatic carbocycles. The maximum atomic E-state index is 10.8. The summed E-state index contributed by atoms with van der Waals surface area (Å²) in [6.45, 7) is 2.10. The predicted molar refractivity (Wildman–Crippen MR) is 40.9 cm³/mol. The number of carbonyl (C=O) groups is 1. The Hall–Kier alpha value is -1.50. The van der Waals surface area contributed by atoms with Crippen LogP contribution < -0.4 is 22.7 Å². The molecule has 0 aliphatic rings. The molecule has 0 aliphatic carbocycles. The lowest BCUT2D eigenvalue weighted by molar-refractivity contribution is 0.207. The zero-order valence-electron chi connectivity index (χ0n) is 6.24. The molecule has 0 aromatic heterocycles. The van der Waals surface area contributed by atoms with Gasteiger partial charge in [-0.2, -0.15) is 0 Å². The van der Waals surface area contributed by atoms with E-state index < -0.39 is 6.03 Å². The molecule has 0 bridgehead atoms. The third kappa shape index (κ3) is 3.26. The van der Waals surface area contributed by atoms with E-state index in [1.165, 1.54) is 0 Å². The van der Waals surface area contributed by atoms with Gasteiger partial charge in [-0.3, -0.25) is 10.3 Å². The minimum absolute atomic E-state index is 0.168. The van der Waals surface area contributed by atoms with Crippen molar-refractivity contribution in [2.24, 2.45) is 22.5 Å². The number of nitrogens with one attached hydrogen (secondary N) is 1. The average Bonchev–Trinajstić information content (AvgIpc) is 2.02. The zero-order chi connectivity index (χ0) is 8.85. The van der Waals surface area contributed by atoms with E-state index in [4.69, 9.17) is 17.4 Å². The molecule has 0 unspecified atom stereocenters. The second-order valence-electron chi connectivity index (χ2n) is 1.73. The quantitative estimate of drug-likeness (QED) is 0.117. The van der Waals surface area contributed by atoms with E-state index in [-0.39, 0.29) is 5.96 Å². The maximum absolute atomic E-state index is 10.8. The molecule has 7 nitrogen and oxygen atoms in total. The summed E-state index contributed by atoms with van der Waals surface area (Å²) in [5.74, 6) is 9.77. The van der Waals surface area contributed by atoms with Gasteiger partial charge in [-0.05, 0) is 6.92 Å². The minimum atomic E-state index is -0.542. The third-order valence-electron chi connectivity index (χ3n) is 0.976. The van der Waals surface area contributed by atoms with Crippen molar-refractivity contribution in [1.29, 1.82) is 0 Å². The molecule has 0 aromatic rings. The summed E-state index contributed by atoms with van der Waals surface area (Å²) in [5, 5.41) is 6.11. The largest absolute Gasteiger partial charge is 0.368 e. The summed E-state index contributed by atoms with van der Waals surface area (Å²) in [4.78, 5) is 10.8. The number of nitrogens with zero attached hydrogens (tertiary/aromatic N) is 2. The minimum Gasteiger partial charge on any atom is -0.368 e. The summed E-state index contributed by atoms with van der Waals surface area (Å²) in [5.41, 5.74) is 5.08. The topological polar surface area (TPSA) is 123 Å². The van der Waals surface area contributed by atoms with Crippen LogP contribution in [0.15, 0.2) is 5.10 Å². The number of hydrogen-bond donors (Lipinski definition) is 4. The van der Waals surface area contributed by atoms with Crippen molar-refractivity contribution in [3.8, 4) is 0 Å². The molecule has 0 spiro atoms. The molecule has 11 heavy (non-hydrogen) atoms.